The van der Waals surface area contributed by atoms with Crippen molar-refractivity contribution in [3.05, 3.63) is 44.9 Å². The highest BCUT2D eigenvalue weighted by molar-refractivity contribution is 7.13. The van der Waals surface area contributed by atoms with Gasteiger partial charge in [0.1, 0.15) is 23.2 Å². The van der Waals surface area contributed by atoms with Gasteiger partial charge in [-0.15, -0.1) is 11.3 Å². The van der Waals surface area contributed by atoms with Gasteiger partial charge in [0.15, 0.2) is 0 Å². The molecule has 0 saturated heterocycles. The van der Waals surface area contributed by atoms with Gasteiger partial charge in [-0.25, -0.2) is 4.98 Å². The van der Waals surface area contributed by atoms with Gasteiger partial charge < -0.3 is 10.5 Å². The van der Waals surface area contributed by atoms with Crippen LogP contribution in [0.3, 0.4) is 0 Å². The number of hydrogen-bond donors (Lipinski definition) is 2. The Bertz CT molecular complexity index is 649. The SMILES string of the molecule is CCCc1nc(COc2cc(C)ccc2C)sc1C(=N)N. The van der Waals surface area contributed by atoms with Crippen molar-refractivity contribution in [2.24, 2.45) is 5.73 Å². The molecule has 0 aliphatic heterocycles. The quantitative estimate of drug-likeness (QED) is 0.633. The minimum atomic E-state index is 0.0916. The van der Waals surface area contributed by atoms with Crippen LogP contribution in [0, 0.1) is 19.3 Å². The normalized spacial score (nSPS) is 10.6. The first kappa shape index (κ1) is 15.5. The zero-order valence-corrected chi connectivity index (χ0v) is 13.5. The van der Waals surface area contributed by atoms with E-state index in [2.05, 4.69) is 24.0 Å². The lowest BCUT2D eigenvalue weighted by molar-refractivity contribution is 0.303. The summed E-state index contributed by atoms with van der Waals surface area (Å²) >= 11 is 1.45. The van der Waals surface area contributed by atoms with Gasteiger partial charge in [-0.3, -0.25) is 5.41 Å². The fourth-order valence-corrected chi connectivity index (χ4v) is 2.97. The van der Waals surface area contributed by atoms with Gasteiger partial charge in [0.2, 0.25) is 0 Å². The van der Waals surface area contributed by atoms with Crippen LogP contribution in [0.25, 0.3) is 0 Å². The van der Waals surface area contributed by atoms with E-state index in [1.54, 1.807) is 0 Å². The number of nitrogens with two attached hydrogens (primary N) is 1. The molecule has 5 heteroatoms. The Morgan fingerprint density at radius 2 is 2.14 bits per heavy atom. The van der Waals surface area contributed by atoms with Gasteiger partial charge in [-0.05, 0) is 37.5 Å². The summed E-state index contributed by atoms with van der Waals surface area (Å²) in [5.41, 5.74) is 8.82. The molecule has 0 radical (unpaired) electrons. The van der Waals surface area contributed by atoms with Crippen LogP contribution in [0.5, 0.6) is 5.75 Å². The lowest BCUT2D eigenvalue weighted by Crippen LogP contribution is -2.11. The summed E-state index contributed by atoms with van der Waals surface area (Å²) in [5, 5.41) is 8.50. The van der Waals surface area contributed by atoms with E-state index in [4.69, 9.17) is 15.9 Å². The third-order valence-corrected chi connectivity index (χ3v) is 4.27. The Morgan fingerprint density at radius 3 is 2.81 bits per heavy atom. The monoisotopic (exact) mass is 303 g/mol. The van der Waals surface area contributed by atoms with E-state index in [0.717, 1.165) is 39.7 Å². The van der Waals surface area contributed by atoms with Crippen molar-refractivity contribution in [3.8, 4) is 5.75 Å². The van der Waals surface area contributed by atoms with Gasteiger partial charge in [0.05, 0.1) is 10.6 Å². The van der Waals surface area contributed by atoms with Gasteiger partial charge in [0.25, 0.3) is 0 Å². The topological polar surface area (TPSA) is 72.0 Å². The predicted octanol–water partition coefficient (Wildman–Crippen LogP) is 3.58. The van der Waals surface area contributed by atoms with E-state index < -0.39 is 0 Å². The lowest BCUT2D eigenvalue weighted by atomic mass is 10.1. The van der Waals surface area contributed by atoms with Crippen molar-refractivity contribution in [2.75, 3.05) is 0 Å². The molecule has 2 aromatic rings. The summed E-state index contributed by atoms with van der Waals surface area (Å²) in [5.74, 6) is 0.973. The number of nitrogens with zero attached hydrogens (tertiary/aromatic N) is 1. The molecule has 0 amide bonds. The molecule has 0 aliphatic rings. The van der Waals surface area contributed by atoms with Crippen molar-refractivity contribution in [2.45, 2.75) is 40.2 Å². The Balaban J connectivity index is 2.14. The van der Waals surface area contributed by atoms with Crippen molar-refractivity contribution in [1.82, 2.24) is 4.98 Å². The number of aromatic nitrogens is 1. The van der Waals surface area contributed by atoms with Crippen LogP contribution < -0.4 is 10.5 Å². The number of nitrogens with one attached hydrogen (secondary N) is 1. The highest BCUT2D eigenvalue weighted by Gasteiger charge is 2.13. The highest BCUT2D eigenvalue weighted by Crippen LogP contribution is 2.24. The second-order valence-electron chi connectivity index (χ2n) is 5.10. The van der Waals surface area contributed by atoms with Crippen molar-refractivity contribution >= 4 is 17.2 Å². The molecular formula is C16H21N3OS. The van der Waals surface area contributed by atoms with Crippen LogP contribution in [0.1, 0.15) is 40.1 Å². The molecule has 0 bridgehead atoms. The first-order valence-electron chi connectivity index (χ1n) is 7.04. The molecule has 0 saturated carbocycles. The van der Waals surface area contributed by atoms with Crippen molar-refractivity contribution in [3.63, 3.8) is 0 Å². The average Bonchev–Trinajstić information content (AvgIpc) is 2.84. The molecular weight excluding hydrogens is 282 g/mol. The van der Waals surface area contributed by atoms with E-state index in [1.165, 1.54) is 16.9 Å². The van der Waals surface area contributed by atoms with Crippen LogP contribution in [0.2, 0.25) is 0 Å². The number of aryl methyl sites for hydroxylation is 3. The second kappa shape index (κ2) is 6.72. The summed E-state index contributed by atoms with van der Waals surface area (Å²) in [4.78, 5) is 5.34. The van der Waals surface area contributed by atoms with Crippen LogP contribution in [0.4, 0.5) is 0 Å². The van der Waals surface area contributed by atoms with E-state index in [-0.39, 0.29) is 5.84 Å². The molecule has 0 atom stereocenters. The van der Waals surface area contributed by atoms with Crippen LogP contribution in [-0.4, -0.2) is 10.8 Å². The fourth-order valence-electron chi connectivity index (χ4n) is 2.08. The molecule has 4 nitrogen and oxygen atoms in total. The molecule has 1 heterocycles. The molecule has 0 fully saturated rings. The number of rotatable bonds is 6. The number of nitrogen functional groups attached to an aromatic ring is 1. The minimum Gasteiger partial charge on any atom is -0.486 e. The number of ether oxygens (including phenoxy) is 1. The first-order valence-corrected chi connectivity index (χ1v) is 7.86. The number of benzene rings is 1. The molecule has 1 aromatic heterocycles. The number of thiazole rings is 1. The third-order valence-electron chi connectivity index (χ3n) is 3.17. The Kier molecular flexibility index (Phi) is 4.96. The summed E-state index contributed by atoms with van der Waals surface area (Å²) in [6, 6.07) is 6.15. The van der Waals surface area contributed by atoms with Gasteiger partial charge in [-0.1, -0.05) is 25.5 Å². The van der Waals surface area contributed by atoms with E-state index in [1.807, 2.05) is 19.9 Å². The maximum atomic E-state index is 7.63. The summed E-state index contributed by atoms with van der Waals surface area (Å²) in [6.07, 6.45) is 1.83. The zero-order chi connectivity index (χ0) is 15.4. The summed E-state index contributed by atoms with van der Waals surface area (Å²) in [6.45, 7) is 6.58. The maximum Gasteiger partial charge on any atom is 0.140 e. The van der Waals surface area contributed by atoms with Crippen molar-refractivity contribution in [1.29, 1.82) is 5.41 Å². The van der Waals surface area contributed by atoms with Gasteiger partial charge in [-0.2, -0.15) is 0 Å². The van der Waals surface area contributed by atoms with Crippen LogP contribution in [0.15, 0.2) is 18.2 Å². The maximum absolute atomic E-state index is 7.63. The average molecular weight is 303 g/mol. The van der Waals surface area contributed by atoms with Crippen LogP contribution in [-0.2, 0) is 13.0 Å². The second-order valence-corrected chi connectivity index (χ2v) is 6.19. The van der Waals surface area contributed by atoms with E-state index >= 15 is 0 Å². The Hall–Kier alpha value is -1.88. The fraction of sp³-hybridized carbons (Fsp3) is 0.375. The highest BCUT2D eigenvalue weighted by atomic mass is 32.1. The number of hydrogen-bond acceptors (Lipinski definition) is 4. The molecule has 2 rings (SSSR count). The molecule has 0 aliphatic carbocycles. The molecule has 3 N–H and O–H groups in total. The summed E-state index contributed by atoms with van der Waals surface area (Å²) in [7, 11) is 0. The standard InChI is InChI=1S/C16H21N3OS/c1-4-5-12-15(16(17)18)21-14(19-12)9-20-13-8-10(2)6-7-11(13)3/h6-8H,4-5,9H2,1-3H3,(H3,17,18). The van der Waals surface area contributed by atoms with E-state index in [0.29, 0.717) is 6.61 Å². The minimum absolute atomic E-state index is 0.0916. The smallest absolute Gasteiger partial charge is 0.140 e. The lowest BCUT2D eigenvalue weighted by Gasteiger charge is -2.08. The molecule has 1 aromatic carbocycles. The first-order chi connectivity index (χ1) is 10.0. The third kappa shape index (κ3) is 3.82. The largest absolute Gasteiger partial charge is 0.486 e. The Labute approximate surface area is 129 Å². The molecule has 21 heavy (non-hydrogen) atoms. The summed E-state index contributed by atoms with van der Waals surface area (Å²) < 4.78 is 5.87. The Morgan fingerprint density at radius 1 is 1.38 bits per heavy atom. The zero-order valence-electron chi connectivity index (χ0n) is 12.7. The predicted molar refractivity (Wildman–Crippen MR) is 87.4 cm³/mol. The molecule has 0 unspecified atom stereocenters. The molecule has 112 valence electrons. The van der Waals surface area contributed by atoms with Gasteiger partial charge in [0, 0.05) is 0 Å². The van der Waals surface area contributed by atoms with Crippen LogP contribution >= 0.6 is 11.3 Å². The van der Waals surface area contributed by atoms with E-state index in [9.17, 15) is 0 Å². The number of amidine groups is 1. The van der Waals surface area contributed by atoms with Gasteiger partial charge >= 0.3 is 0 Å². The molecule has 0 spiro atoms. The van der Waals surface area contributed by atoms with Crippen molar-refractivity contribution < 1.29 is 4.74 Å².